The second-order valence-corrected chi connectivity index (χ2v) is 26.0. The number of nitrogens with zero attached hydrogens (tertiary/aromatic N) is 4. The summed E-state index contributed by atoms with van der Waals surface area (Å²) < 4.78 is 0. The zero-order chi connectivity index (χ0) is 34.7. The molecule has 0 saturated carbocycles. The quantitative estimate of drug-likeness (QED) is 0.166. The smallest absolute Gasteiger partial charge is 0.164 e. The highest BCUT2D eigenvalue weighted by atomic mass is 28.3. The maximum Gasteiger partial charge on any atom is 0.164 e. The van der Waals surface area contributed by atoms with E-state index < -0.39 is 16.1 Å². The Bertz CT molecular complexity index is 2190. The molecule has 0 saturated heterocycles. The lowest BCUT2D eigenvalue weighted by molar-refractivity contribution is 0.660. The first kappa shape index (κ1) is 32.6. The average molecular weight is 671 g/mol. The van der Waals surface area contributed by atoms with Crippen molar-refractivity contribution in [2.45, 2.75) is 58.5 Å². The molecule has 1 aliphatic carbocycles. The van der Waals surface area contributed by atoms with Crippen LogP contribution >= 0.6 is 0 Å². The van der Waals surface area contributed by atoms with Crippen LogP contribution in [0.1, 0.15) is 30.5 Å². The van der Waals surface area contributed by atoms with Gasteiger partial charge in [-0.25, -0.2) is 15.0 Å². The van der Waals surface area contributed by atoms with Crippen LogP contribution in [0.15, 0.2) is 109 Å². The zero-order valence-corrected chi connectivity index (χ0v) is 31.7. The fourth-order valence-electron chi connectivity index (χ4n) is 6.89. The van der Waals surface area contributed by atoms with Gasteiger partial charge in [0.15, 0.2) is 17.5 Å². The van der Waals surface area contributed by atoms with Crippen molar-refractivity contribution in [1.82, 2.24) is 15.0 Å². The molecule has 6 heteroatoms. The van der Waals surface area contributed by atoms with Crippen LogP contribution in [0.3, 0.4) is 0 Å². The molecule has 0 fully saturated rings. The first-order chi connectivity index (χ1) is 23.2. The Morgan fingerprint density at radius 3 is 1.49 bits per heavy atom. The van der Waals surface area contributed by atoms with Crippen molar-refractivity contribution in [2.75, 3.05) is 0 Å². The predicted octanol–water partition coefficient (Wildman–Crippen LogP) is 9.81. The largest absolute Gasteiger partial charge is 0.208 e. The molecular weight excluding hydrogens is 629 g/mol. The van der Waals surface area contributed by atoms with Crippen LogP contribution in [0, 0.1) is 11.3 Å². The van der Waals surface area contributed by atoms with Gasteiger partial charge in [0.1, 0.15) is 0 Å². The highest BCUT2D eigenvalue weighted by Gasteiger charge is 2.35. The summed E-state index contributed by atoms with van der Waals surface area (Å²) in [4.78, 5) is 15.1. The Balaban J connectivity index is 1.37. The van der Waals surface area contributed by atoms with Gasteiger partial charge in [-0.2, -0.15) is 5.26 Å². The average Bonchev–Trinajstić information content (AvgIpc) is 3.33. The van der Waals surface area contributed by atoms with Gasteiger partial charge in [-0.15, -0.1) is 0 Å². The van der Waals surface area contributed by atoms with Crippen LogP contribution in [0.5, 0.6) is 0 Å². The maximum atomic E-state index is 10.2. The van der Waals surface area contributed by atoms with Gasteiger partial charge in [-0.1, -0.05) is 148 Å². The van der Waals surface area contributed by atoms with E-state index in [2.05, 4.69) is 156 Å². The first-order valence-electron chi connectivity index (χ1n) is 17.0. The number of aromatic nitrogens is 3. The molecule has 0 radical (unpaired) electrons. The minimum Gasteiger partial charge on any atom is -0.208 e. The monoisotopic (exact) mass is 670 g/mol. The first-order valence-corrected chi connectivity index (χ1v) is 24.0. The van der Waals surface area contributed by atoms with Crippen molar-refractivity contribution in [3.63, 3.8) is 0 Å². The number of rotatable bonds is 6. The van der Waals surface area contributed by atoms with Gasteiger partial charge < -0.3 is 0 Å². The Kier molecular flexibility index (Phi) is 7.89. The molecule has 242 valence electrons. The van der Waals surface area contributed by atoms with E-state index in [0.717, 1.165) is 27.8 Å². The summed E-state index contributed by atoms with van der Waals surface area (Å²) >= 11 is 0. The molecule has 4 nitrogen and oxygen atoms in total. The lowest BCUT2D eigenvalue weighted by atomic mass is 9.82. The van der Waals surface area contributed by atoms with Crippen LogP contribution in [-0.2, 0) is 5.41 Å². The van der Waals surface area contributed by atoms with Gasteiger partial charge >= 0.3 is 0 Å². The van der Waals surface area contributed by atoms with Crippen LogP contribution in [-0.4, -0.2) is 31.1 Å². The highest BCUT2D eigenvalue weighted by Crippen LogP contribution is 2.49. The van der Waals surface area contributed by atoms with Gasteiger partial charge in [0, 0.05) is 22.1 Å². The molecule has 7 rings (SSSR count). The number of benzene rings is 5. The van der Waals surface area contributed by atoms with Crippen LogP contribution in [0.25, 0.3) is 56.4 Å². The molecule has 49 heavy (non-hydrogen) atoms. The molecule has 0 spiro atoms. The molecule has 0 N–H and O–H groups in total. The summed E-state index contributed by atoms with van der Waals surface area (Å²) in [7, 11) is -2.94. The van der Waals surface area contributed by atoms with Crippen molar-refractivity contribution in [3.8, 4) is 62.5 Å². The van der Waals surface area contributed by atoms with Crippen molar-refractivity contribution in [1.29, 1.82) is 5.26 Å². The van der Waals surface area contributed by atoms with E-state index in [1.165, 1.54) is 32.6 Å². The Morgan fingerprint density at radius 1 is 0.490 bits per heavy atom. The van der Waals surface area contributed by atoms with Crippen LogP contribution in [0.2, 0.25) is 39.3 Å². The van der Waals surface area contributed by atoms with Crippen molar-refractivity contribution in [2.24, 2.45) is 0 Å². The molecule has 0 unspecified atom stereocenters. The summed E-state index contributed by atoms with van der Waals surface area (Å²) in [5.74, 6) is 1.79. The highest BCUT2D eigenvalue weighted by molar-refractivity contribution is 6.89. The Morgan fingerprint density at radius 2 is 0.959 bits per heavy atom. The molecule has 0 amide bonds. The summed E-state index contributed by atoms with van der Waals surface area (Å²) in [5.41, 5.74) is 10.4. The third-order valence-electron chi connectivity index (χ3n) is 9.89. The van der Waals surface area contributed by atoms with E-state index >= 15 is 0 Å². The van der Waals surface area contributed by atoms with Gasteiger partial charge in [-0.3, -0.25) is 0 Å². The molecular formula is C43H42N4Si2. The molecule has 5 aromatic carbocycles. The molecule has 1 aromatic heterocycles. The molecule has 6 aromatic rings. The second kappa shape index (κ2) is 11.9. The lowest BCUT2D eigenvalue weighted by Crippen LogP contribution is -2.37. The zero-order valence-electron chi connectivity index (χ0n) is 29.7. The number of hydrogen-bond donors (Lipinski definition) is 0. The summed E-state index contributed by atoms with van der Waals surface area (Å²) in [6, 6.07) is 41.1. The molecule has 1 heterocycles. The summed E-state index contributed by atoms with van der Waals surface area (Å²) in [6.45, 7) is 18.7. The minimum absolute atomic E-state index is 0.0671. The van der Waals surface area contributed by atoms with Gasteiger partial charge in [-0.05, 0) is 57.6 Å². The molecule has 0 bridgehead atoms. The summed E-state index contributed by atoms with van der Waals surface area (Å²) in [5, 5.41) is 13.0. The van der Waals surface area contributed by atoms with E-state index in [1.807, 2.05) is 12.1 Å². The van der Waals surface area contributed by atoms with Crippen molar-refractivity contribution >= 4 is 26.5 Å². The van der Waals surface area contributed by atoms with Crippen molar-refractivity contribution < 1.29 is 0 Å². The fourth-order valence-corrected chi connectivity index (χ4v) is 9.22. The third kappa shape index (κ3) is 6.09. The standard InChI is InChI=1S/C43H42N4Si2/c1-43(2)38-12-10-9-11-36(38)37-26-31(17-22-39(37)43)32-23-28(27-44)24-33(25-32)42-46-40(29-13-18-34(19-14-29)48(3,4)5)45-41(47-42)30-15-20-35(21-16-30)49(6,7)8/h9-26H,1-8H3. The Labute approximate surface area is 292 Å². The van der Waals surface area contributed by atoms with E-state index in [1.54, 1.807) is 0 Å². The van der Waals surface area contributed by atoms with Crippen LogP contribution < -0.4 is 10.4 Å². The second-order valence-electron chi connectivity index (χ2n) is 15.8. The SMILES string of the molecule is CC1(C)c2ccccc2-c2cc(-c3cc(C#N)cc(-c4nc(-c5ccc([Si](C)(C)C)cc5)nc(-c5ccc([Si](C)(C)C)cc5)n4)c3)ccc21. The van der Waals surface area contributed by atoms with E-state index in [0.29, 0.717) is 23.0 Å². The third-order valence-corrected chi connectivity index (χ3v) is 14.0. The molecule has 0 aliphatic heterocycles. The lowest BCUT2D eigenvalue weighted by Gasteiger charge is -2.21. The number of fused-ring (bicyclic) bond motifs is 3. The van der Waals surface area contributed by atoms with E-state index in [-0.39, 0.29) is 5.41 Å². The number of hydrogen-bond acceptors (Lipinski definition) is 4. The fraction of sp³-hybridized carbons (Fsp3) is 0.209. The normalized spacial score (nSPS) is 13.4. The van der Waals surface area contributed by atoms with Gasteiger partial charge in [0.05, 0.1) is 27.8 Å². The van der Waals surface area contributed by atoms with Crippen molar-refractivity contribution in [3.05, 3.63) is 126 Å². The van der Waals surface area contributed by atoms with E-state index in [4.69, 9.17) is 15.0 Å². The number of nitriles is 1. The van der Waals surface area contributed by atoms with Crippen LogP contribution in [0.4, 0.5) is 0 Å². The topological polar surface area (TPSA) is 62.5 Å². The maximum absolute atomic E-state index is 10.2. The van der Waals surface area contributed by atoms with E-state index in [9.17, 15) is 5.26 Å². The minimum atomic E-state index is -1.47. The summed E-state index contributed by atoms with van der Waals surface area (Å²) in [6.07, 6.45) is 0. The predicted molar refractivity (Wildman–Crippen MR) is 210 cm³/mol. The molecule has 1 aliphatic rings. The molecule has 0 atom stereocenters. The van der Waals surface area contributed by atoms with Gasteiger partial charge in [0.25, 0.3) is 0 Å². The van der Waals surface area contributed by atoms with Gasteiger partial charge in [0.2, 0.25) is 0 Å². The Hall–Kier alpha value is -4.97.